The number of aromatic nitrogens is 3. The molecule has 0 bridgehead atoms. The molecule has 0 saturated carbocycles. The number of aryl methyl sites for hydroxylation is 1. The third-order valence-electron chi connectivity index (χ3n) is 5.93. The van der Waals surface area contributed by atoms with E-state index in [-0.39, 0.29) is 5.56 Å². The maximum atomic E-state index is 12.9. The van der Waals surface area contributed by atoms with Gasteiger partial charge in [0.1, 0.15) is 11.5 Å². The first-order chi connectivity index (χ1) is 16.6. The molecule has 0 spiro atoms. The highest BCUT2D eigenvalue weighted by atomic mass is 32.2. The minimum atomic E-state index is -0.0651. The van der Waals surface area contributed by atoms with Gasteiger partial charge in [-0.15, -0.1) is 0 Å². The zero-order valence-corrected chi connectivity index (χ0v) is 20.0. The van der Waals surface area contributed by atoms with Gasteiger partial charge in [-0.3, -0.25) is 9.69 Å². The van der Waals surface area contributed by atoms with Crippen LogP contribution in [-0.4, -0.2) is 33.5 Å². The Labute approximate surface area is 202 Å². The summed E-state index contributed by atoms with van der Waals surface area (Å²) in [5.41, 5.74) is 4.54. The van der Waals surface area contributed by atoms with Crippen molar-refractivity contribution in [2.24, 2.45) is 0 Å². The number of ether oxygens (including phenoxy) is 1. The van der Waals surface area contributed by atoms with Crippen LogP contribution >= 0.6 is 11.8 Å². The highest BCUT2D eigenvalue weighted by molar-refractivity contribution is 7.98. The van der Waals surface area contributed by atoms with Crippen LogP contribution in [0.2, 0.25) is 0 Å². The summed E-state index contributed by atoms with van der Waals surface area (Å²) in [7, 11) is 1.67. The van der Waals surface area contributed by atoms with Gasteiger partial charge in [0, 0.05) is 37.4 Å². The van der Waals surface area contributed by atoms with Crippen molar-refractivity contribution in [3.05, 3.63) is 93.2 Å². The predicted molar refractivity (Wildman–Crippen MR) is 132 cm³/mol. The van der Waals surface area contributed by atoms with Crippen LogP contribution in [0.5, 0.6) is 5.75 Å². The zero-order valence-electron chi connectivity index (χ0n) is 19.2. The number of hydrogen-bond donors (Lipinski definition) is 1. The number of aromatic amines is 1. The van der Waals surface area contributed by atoms with Crippen molar-refractivity contribution in [3.63, 3.8) is 0 Å². The van der Waals surface area contributed by atoms with Crippen LogP contribution in [0.25, 0.3) is 11.5 Å². The number of methoxy groups -OCH3 is 1. The summed E-state index contributed by atoms with van der Waals surface area (Å²) < 4.78 is 11.2. The molecule has 3 heterocycles. The van der Waals surface area contributed by atoms with Crippen LogP contribution in [0.4, 0.5) is 0 Å². The molecule has 0 unspecified atom stereocenters. The summed E-state index contributed by atoms with van der Waals surface area (Å²) in [5, 5.41) is 0.619. The van der Waals surface area contributed by atoms with Crippen LogP contribution in [0.15, 0.2) is 69.0 Å². The Balaban J connectivity index is 1.26. The molecule has 2 aromatic heterocycles. The lowest BCUT2D eigenvalue weighted by Crippen LogP contribution is -2.35. The smallest absolute Gasteiger partial charge is 0.256 e. The first-order valence-corrected chi connectivity index (χ1v) is 12.2. The second-order valence-corrected chi connectivity index (χ2v) is 9.25. The quantitative estimate of drug-likeness (QED) is 0.310. The second-order valence-electron chi connectivity index (χ2n) is 8.29. The molecule has 7 nitrogen and oxygen atoms in total. The molecule has 4 aromatic rings. The number of hydrogen-bond acceptors (Lipinski definition) is 7. The maximum absolute atomic E-state index is 12.9. The van der Waals surface area contributed by atoms with Crippen LogP contribution in [0.3, 0.4) is 0 Å². The maximum Gasteiger partial charge on any atom is 0.256 e. The normalized spacial score (nSPS) is 13.6. The molecular weight excluding hydrogens is 448 g/mol. The average molecular weight is 475 g/mol. The minimum absolute atomic E-state index is 0.0651. The van der Waals surface area contributed by atoms with E-state index in [1.165, 1.54) is 11.8 Å². The van der Waals surface area contributed by atoms with E-state index in [9.17, 15) is 4.79 Å². The molecule has 0 atom stereocenters. The van der Waals surface area contributed by atoms with E-state index in [1.54, 1.807) is 7.11 Å². The van der Waals surface area contributed by atoms with Gasteiger partial charge in [-0.2, -0.15) is 0 Å². The fourth-order valence-corrected chi connectivity index (χ4v) is 4.97. The van der Waals surface area contributed by atoms with Crippen molar-refractivity contribution in [1.82, 2.24) is 19.9 Å². The molecule has 0 saturated heterocycles. The zero-order chi connectivity index (χ0) is 23.5. The monoisotopic (exact) mass is 474 g/mol. The SMILES string of the molecule is COc1cccc(CN2CCc3nc(SCc4nc(-c5ccccc5)oc4C)[nH]c(=O)c3C2)c1. The molecule has 0 aliphatic carbocycles. The summed E-state index contributed by atoms with van der Waals surface area (Å²) in [5.74, 6) is 2.80. The van der Waals surface area contributed by atoms with E-state index in [0.717, 1.165) is 59.1 Å². The van der Waals surface area contributed by atoms with Gasteiger partial charge in [0.25, 0.3) is 5.56 Å². The number of nitrogens with one attached hydrogen (secondary N) is 1. The molecule has 0 fully saturated rings. The third kappa shape index (κ3) is 4.93. The van der Waals surface area contributed by atoms with Gasteiger partial charge in [0.15, 0.2) is 5.16 Å². The van der Waals surface area contributed by atoms with Gasteiger partial charge in [0.2, 0.25) is 5.89 Å². The largest absolute Gasteiger partial charge is 0.497 e. The van der Waals surface area contributed by atoms with Crippen molar-refractivity contribution >= 4 is 11.8 Å². The molecule has 8 heteroatoms. The number of H-pyrrole nitrogens is 1. The van der Waals surface area contributed by atoms with Crippen molar-refractivity contribution in [1.29, 1.82) is 0 Å². The molecule has 5 rings (SSSR count). The van der Waals surface area contributed by atoms with Crippen molar-refractivity contribution in [3.8, 4) is 17.2 Å². The van der Waals surface area contributed by atoms with Crippen molar-refractivity contribution in [2.45, 2.75) is 37.3 Å². The Morgan fingerprint density at radius 2 is 2.00 bits per heavy atom. The summed E-state index contributed by atoms with van der Waals surface area (Å²) in [6, 6.07) is 17.9. The molecule has 1 aliphatic rings. The topological polar surface area (TPSA) is 84.2 Å². The summed E-state index contributed by atoms with van der Waals surface area (Å²) in [6.45, 7) is 4.12. The number of oxazole rings is 1. The number of benzene rings is 2. The molecular formula is C26H26N4O3S. The molecule has 0 radical (unpaired) electrons. The number of thioether (sulfide) groups is 1. The summed E-state index contributed by atoms with van der Waals surface area (Å²) >= 11 is 1.47. The van der Waals surface area contributed by atoms with Gasteiger partial charge >= 0.3 is 0 Å². The van der Waals surface area contributed by atoms with E-state index in [1.807, 2.05) is 55.5 Å². The van der Waals surface area contributed by atoms with Crippen LogP contribution in [-0.2, 0) is 25.3 Å². The number of fused-ring (bicyclic) bond motifs is 1. The molecule has 34 heavy (non-hydrogen) atoms. The van der Waals surface area contributed by atoms with E-state index in [2.05, 4.69) is 20.9 Å². The molecule has 1 N–H and O–H groups in total. The Hall–Kier alpha value is -3.36. The van der Waals surface area contributed by atoms with E-state index >= 15 is 0 Å². The number of nitrogens with zero attached hydrogens (tertiary/aromatic N) is 3. The highest BCUT2D eigenvalue weighted by Gasteiger charge is 2.22. The Bertz CT molecular complexity index is 1350. The van der Waals surface area contributed by atoms with Crippen LogP contribution < -0.4 is 10.3 Å². The van der Waals surface area contributed by atoms with E-state index < -0.39 is 0 Å². The molecule has 2 aromatic carbocycles. The first kappa shape index (κ1) is 22.4. The fraction of sp³-hybridized carbons (Fsp3) is 0.269. The third-order valence-corrected chi connectivity index (χ3v) is 6.81. The summed E-state index contributed by atoms with van der Waals surface area (Å²) in [4.78, 5) is 27.5. The van der Waals surface area contributed by atoms with Gasteiger partial charge in [-0.1, -0.05) is 42.1 Å². The summed E-state index contributed by atoms with van der Waals surface area (Å²) in [6.07, 6.45) is 0.748. The average Bonchev–Trinajstić information content (AvgIpc) is 3.24. The Morgan fingerprint density at radius 1 is 1.15 bits per heavy atom. The van der Waals surface area contributed by atoms with E-state index in [4.69, 9.17) is 14.1 Å². The van der Waals surface area contributed by atoms with Crippen molar-refractivity contribution < 1.29 is 9.15 Å². The molecule has 0 amide bonds. The second kappa shape index (κ2) is 9.87. The lowest BCUT2D eigenvalue weighted by Gasteiger charge is -2.27. The number of rotatable bonds is 7. The van der Waals surface area contributed by atoms with Gasteiger partial charge in [0.05, 0.1) is 24.1 Å². The van der Waals surface area contributed by atoms with Gasteiger partial charge in [-0.25, -0.2) is 9.97 Å². The molecule has 174 valence electrons. The Morgan fingerprint density at radius 3 is 2.82 bits per heavy atom. The minimum Gasteiger partial charge on any atom is -0.497 e. The highest BCUT2D eigenvalue weighted by Crippen LogP contribution is 2.27. The van der Waals surface area contributed by atoms with Gasteiger partial charge < -0.3 is 14.1 Å². The van der Waals surface area contributed by atoms with E-state index in [0.29, 0.717) is 23.3 Å². The molecule has 1 aliphatic heterocycles. The van der Waals surface area contributed by atoms with Crippen LogP contribution in [0, 0.1) is 6.92 Å². The lowest BCUT2D eigenvalue weighted by atomic mass is 10.1. The standard InChI is InChI=1S/C26H26N4O3S/c1-17-23(27-25(33-17)19-8-4-3-5-9-19)16-34-26-28-22-11-12-30(15-21(22)24(31)29-26)14-18-7-6-10-20(13-18)32-2/h3-10,13H,11-12,14-16H2,1-2H3,(H,28,29,31). The lowest BCUT2D eigenvalue weighted by molar-refractivity contribution is 0.240. The Kier molecular flexibility index (Phi) is 6.51. The van der Waals surface area contributed by atoms with Gasteiger partial charge in [-0.05, 0) is 36.8 Å². The van der Waals surface area contributed by atoms with Crippen LogP contribution in [0.1, 0.15) is 28.3 Å². The fourth-order valence-electron chi connectivity index (χ4n) is 4.09. The van der Waals surface area contributed by atoms with Crippen molar-refractivity contribution in [2.75, 3.05) is 13.7 Å². The predicted octanol–water partition coefficient (Wildman–Crippen LogP) is 4.59. The first-order valence-electron chi connectivity index (χ1n) is 11.2.